The van der Waals surface area contributed by atoms with Gasteiger partial charge in [-0.25, -0.2) is 9.59 Å². The van der Waals surface area contributed by atoms with Crippen LogP contribution >= 0.6 is 0 Å². The van der Waals surface area contributed by atoms with Gasteiger partial charge in [-0.05, 0) is 32.6 Å². The fraction of sp³-hybridized carbons (Fsp3) is 0.833. The number of hydrogen-bond acceptors (Lipinski definition) is 3. The maximum Gasteiger partial charge on any atom is 0.331 e. The van der Waals surface area contributed by atoms with Gasteiger partial charge >= 0.3 is 12.0 Å². The minimum atomic E-state index is -0.892. The van der Waals surface area contributed by atoms with Crippen molar-refractivity contribution in [2.45, 2.75) is 44.7 Å². The predicted octanol–water partition coefficient (Wildman–Crippen LogP) is 1.13. The van der Waals surface area contributed by atoms with Gasteiger partial charge in [0.1, 0.15) is 5.54 Å². The van der Waals surface area contributed by atoms with E-state index in [0.29, 0.717) is 12.5 Å². The van der Waals surface area contributed by atoms with E-state index in [1.54, 1.807) is 18.7 Å². The van der Waals surface area contributed by atoms with E-state index in [9.17, 15) is 9.59 Å². The van der Waals surface area contributed by atoms with Crippen molar-refractivity contribution in [1.29, 1.82) is 0 Å². The Morgan fingerprint density at radius 3 is 2.59 bits per heavy atom. The van der Waals surface area contributed by atoms with E-state index < -0.39 is 5.54 Å². The average Bonchev–Trinajstić information content (AvgIpc) is 2.56. The van der Waals surface area contributed by atoms with Crippen LogP contribution in [0.25, 0.3) is 0 Å². The van der Waals surface area contributed by atoms with Gasteiger partial charge < -0.3 is 15.0 Å². The van der Waals surface area contributed by atoms with Crippen LogP contribution in [0.3, 0.4) is 0 Å². The Bertz CT molecular complexity index is 337. The van der Waals surface area contributed by atoms with Crippen molar-refractivity contribution >= 4 is 12.0 Å². The van der Waals surface area contributed by atoms with Gasteiger partial charge in [-0.15, -0.1) is 0 Å². The van der Waals surface area contributed by atoms with Crippen LogP contribution in [0.2, 0.25) is 0 Å². The molecule has 2 aliphatic rings. The van der Waals surface area contributed by atoms with Crippen LogP contribution in [-0.2, 0) is 9.53 Å². The van der Waals surface area contributed by atoms with E-state index in [1.165, 1.54) is 26.4 Å². The lowest BCUT2D eigenvalue weighted by atomic mass is 9.80. The summed E-state index contributed by atoms with van der Waals surface area (Å²) in [5.41, 5.74) is -0.892. The maximum atomic E-state index is 11.9. The molecule has 0 aromatic rings. The lowest BCUT2D eigenvalue weighted by Crippen LogP contribution is -2.52. The molecule has 1 unspecified atom stereocenters. The molecule has 1 saturated heterocycles. The monoisotopic (exact) mass is 240 g/mol. The van der Waals surface area contributed by atoms with E-state index in [-0.39, 0.29) is 18.0 Å². The Hall–Kier alpha value is -1.26. The quantitative estimate of drug-likeness (QED) is 0.752. The molecule has 17 heavy (non-hydrogen) atoms. The summed E-state index contributed by atoms with van der Waals surface area (Å²) in [7, 11) is 1.35. The van der Waals surface area contributed by atoms with Crippen molar-refractivity contribution in [1.82, 2.24) is 10.2 Å². The number of methoxy groups -OCH3 is 1. The molecule has 96 valence electrons. The number of hydrogen-bond donors (Lipinski definition) is 1. The van der Waals surface area contributed by atoms with Crippen molar-refractivity contribution in [2.24, 2.45) is 5.92 Å². The minimum absolute atomic E-state index is 0.155. The summed E-state index contributed by atoms with van der Waals surface area (Å²) in [6.07, 6.45) is 3.60. The number of urea groups is 1. The first kappa shape index (κ1) is 12.2. The van der Waals surface area contributed by atoms with Gasteiger partial charge in [0, 0.05) is 6.54 Å². The number of carbonyl (C=O) groups excluding carboxylic acids is 2. The second-order valence-corrected chi connectivity index (χ2v) is 5.41. The number of nitrogens with one attached hydrogen (secondary N) is 1. The number of rotatable bonds is 3. The van der Waals surface area contributed by atoms with Crippen molar-refractivity contribution in [3.05, 3.63) is 0 Å². The first-order chi connectivity index (χ1) is 7.96. The third-order valence-corrected chi connectivity index (χ3v) is 4.01. The second kappa shape index (κ2) is 4.20. The number of nitrogens with zero attached hydrogens (tertiary/aromatic N) is 1. The molecule has 1 N–H and O–H groups in total. The summed E-state index contributed by atoms with van der Waals surface area (Å²) in [6, 6.07) is 0.0393. The van der Waals surface area contributed by atoms with Gasteiger partial charge in [-0.2, -0.15) is 0 Å². The van der Waals surface area contributed by atoms with E-state index >= 15 is 0 Å². The van der Waals surface area contributed by atoms with Gasteiger partial charge in [-0.1, -0.05) is 6.42 Å². The Morgan fingerprint density at radius 1 is 1.47 bits per heavy atom. The number of carbonyl (C=O) groups is 2. The van der Waals surface area contributed by atoms with Crippen LogP contribution in [0.15, 0.2) is 0 Å². The summed E-state index contributed by atoms with van der Waals surface area (Å²) in [5, 5.41) is 2.97. The SMILES string of the molecule is COC(=O)C(C)(C)N1CC(C2CCC2)NC1=O. The van der Waals surface area contributed by atoms with Gasteiger partial charge in [0.25, 0.3) is 0 Å². The van der Waals surface area contributed by atoms with Crippen molar-refractivity contribution in [2.75, 3.05) is 13.7 Å². The van der Waals surface area contributed by atoms with Crippen LogP contribution in [0.4, 0.5) is 4.79 Å². The van der Waals surface area contributed by atoms with Crippen LogP contribution in [0.1, 0.15) is 33.1 Å². The van der Waals surface area contributed by atoms with Gasteiger partial charge in [-0.3, -0.25) is 0 Å². The predicted molar refractivity (Wildman–Crippen MR) is 62.5 cm³/mol. The Balaban J connectivity index is 2.06. The second-order valence-electron chi connectivity index (χ2n) is 5.41. The molecule has 2 fully saturated rings. The van der Waals surface area contributed by atoms with E-state index in [1.807, 2.05) is 0 Å². The van der Waals surface area contributed by atoms with Crippen LogP contribution in [-0.4, -0.2) is 42.1 Å². The molecule has 1 aliphatic heterocycles. The molecule has 1 saturated carbocycles. The molecule has 5 heteroatoms. The standard InChI is InChI=1S/C12H20N2O3/c1-12(2,10(15)17-3)14-7-9(13-11(14)16)8-5-4-6-8/h8-9H,4-7H2,1-3H3,(H,13,16). The molecule has 0 spiro atoms. The summed E-state index contributed by atoms with van der Waals surface area (Å²) in [6.45, 7) is 4.05. The van der Waals surface area contributed by atoms with Gasteiger partial charge in [0.15, 0.2) is 0 Å². The smallest absolute Gasteiger partial charge is 0.331 e. The normalized spacial score (nSPS) is 25.5. The summed E-state index contributed by atoms with van der Waals surface area (Å²) >= 11 is 0. The topological polar surface area (TPSA) is 58.6 Å². The molecular weight excluding hydrogens is 220 g/mol. The maximum absolute atomic E-state index is 11.9. The van der Waals surface area contributed by atoms with Crippen LogP contribution < -0.4 is 5.32 Å². The highest BCUT2D eigenvalue weighted by Gasteiger charge is 2.46. The minimum Gasteiger partial charge on any atom is -0.467 e. The average molecular weight is 240 g/mol. The van der Waals surface area contributed by atoms with Crippen LogP contribution in [0, 0.1) is 5.92 Å². The van der Waals surface area contributed by atoms with E-state index in [4.69, 9.17) is 4.74 Å². The highest BCUT2D eigenvalue weighted by Crippen LogP contribution is 2.33. The summed E-state index contributed by atoms with van der Waals surface area (Å²) in [4.78, 5) is 25.2. The molecule has 5 nitrogen and oxygen atoms in total. The third-order valence-electron chi connectivity index (χ3n) is 4.01. The van der Waals surface area contributed by atoms with Crippen molar-refractivity contribution in [3.63, 3.8) is 0 Å². The largest absolute Gasteiger partial charge is 0.467 e. The molecule has 0 bridgehead atoms. The summed E-state index contributed by atoms with van der Waals surface area (Å²) in [5.74, 6) is 0.208. The zero-order chi connectivity index (χ0) is 12.6. The van der Waals surface area contributed by atoms with Gasteiger partial charge in [0.05, 0.1) is 13.2 Å². The number of amides is 2. The summed E-state index contributed by atoms with van der Waals surface area (Å²) < 4.78 is 4.75. The molecule has 2 rings (SSSR count). The molecule has 0 aromatic carbocycles. The lowest BCUT2D eigenvalue weighted by Gasteiger charge is -2.33. The highest BCUT2D eigenvalue weighted by molar-refractivity contribution is 5.88. The highest BCUT2D eigenvalue weighted by atomic mass is 16.5. The Labute approximate surface area is 101 Å². The Kier molecular flexibility index (Phi) is 3.02. The first-order valence-electron chi connectivity index (χ1n) is 6.13. The molecule has 1 aliphatic carbocycles. The first-order valence-corrected chi connectivity index (χ1v) is 6.13. The zero-order valence-electron chi connectivity index (χ0n) is 10.7. The number of ether oxygens (including phenoxy) is 1. The molecule has 0 radical (unpaired) electrons. The van der Waals surface area contributed by atoms with Crippen molar-refractivity contribution in [3.8, 4) is 0 Å². The Morgan fingerprint density at radius 2 is 2.12 bits per heavy atom. The van der Waals surface area contributed by atoms with Gasteiger partial charge in [0.2, 0.25) is 0 Å². The molecule has 0 aromatic heterocycles. The third kappa shape index (κ3) is 1.98. The lowest BCUT2D eigenvalue weighted by molar-refractivity contribution is -0.151. The molecule has 2 amide bonds. The fourth-order valence-corrected chi connectivity index (χ4v) is 2.51. The number of esters is 1. The molecule has 1 heterocycles. The molecule has 1 atom stereocenters. The van der Waals surface area contributed by atoms with Crippen LogP contribution in [0.5, 0.6) is 0 Å². The zero-order valence-corrected chi connectivity index (χ0v) is 10.7. The van der Waals surface area contributed by atoms with E-state index in [2.05, 4.69) is 5.32 Å². The fourth-order valence-electron chi connectivity index (χ4n) is 2.51. The molecular formula is C12H20N2O3. The van der Waals surface area contributed by atoms with E-state index in [0.717, 1.165) is 0 Å². The van der Waals surface area contributed by atoms with Crippen molar-refractivity contribution < 1.29 is 14.3 Å².